The first-order valence-electron chi connectivity index (χ1n) is 10.3. The van der Waals surface area contributed by atoms with Crippen LogP contribution in [0.5, 0.6) is 0 Å². The highest BCUT2D eigenvalue weighted by Gasteiger charge is 2.34. The molecule has 1 aromatic heterocycles. The molecule has 0 aliphatic carbocycles. The summed E-state index contributed by atoms with van der Waals surface area (Å²) in [6.07, 6.45) is -2.74. The number of halogens is 3. The molecule has 32 heavy (non-hydrogen) atoms. The van der Waals surface area contributed by atoms with Crippen LogP contribution >= 0.6 is 0 Å². The molecule has 1 heterocycles. The van der Waals surface area contributed by atoms with E-state index in [-0.39, 0.29) is 15.9 Å². The van der Waals surface area contributed by atoms with E-state index >= 15 is 0 Å². The summed E-state index contributed by atoms with van der Waals surface area (Å²) in [6, 6.07) is 11.0. The summed E-state index contributed by atoms with van der Waals surface area (Å²) in [6.45, 7) is 4.61. The van der Waals surface area contributed by atoms with E-state index in [1.54, 1.807) is 25.1 Å². The zero-order valence-electron chi connectivity index (χ0n) is 17.8. The van der Waals surface area contributed by atoms with Gasteiger partial charge in [-0.15, -0.1) is 0 Å². The number of sulfonamides is 1. The van der Waals surface area contributed by atoms with Crippen LogP contribution in [0.4, 0.5) is 13.2 Å². The second-order valence-electron chi connectivity index (χ2n) is 7.48. The second-order valence-corrected chi connectivity index (χ2v) is 9.42. The molecular formula is C23H24F3NO4S. The minimum absolute atomic E-state index is 0.137. The van der Waals surface area contributed by atoms with E-state index in [1.165, 1.54) is 28.6 Å². The average molecular weight is 468 g/mol. The Morgan fingerprint density at radius 3 is 2.22 bits per heavy atom. The Kier molecular flexibility index (Phi) is 7.09. The molecule has 0 saturated heterocycles. The number of benzene rings is 2. The Hall–Kier alpha value is -2.65. The highest BCUT2D eigenvalue weighted by molar-refractivity contribution is 7.89. The maximum Gasteiger partial charge on any atom is 0.417 e. The molecule has 0 aliphatic heterocycles. The van der Waals surface area contributed by atoms with Crippen molar-refractivity contribution in [2.24, 2.45) is 0 Å². The molecule has 0 atom stereocenters. The van der Waals surface area contributed by atoms with Crippen molar-refractivity contribution in [3.8, 4) is 0 Å². The molecule has 0 unspecified atom stereocenters. The molecule has 0 aliphatic rings. The van der Waals surface area contributed by atoms with Crippen LogP contribution in [0, 0.1) is 0 Å². The molecule has 3 rings (SSSR count). The maximum atomic E-state index is 13.3. The SMILES string of the molecule is CCCCN(CC)S(=O)(=O)c1ccc(Cc2ccc3oc(=O)cc(C(F)(F)F)c3c2)cc1. The number of nitrogens with zero attached hydrogens (tertiary/aromatic N) is 1. The normalized spacial score (nSPS) is 12.6. The lowest BCUT2D eigenvalue weighted by Crippen LogP contribution is -2.31. The van der Waals surface area contributed by atoms with Crippen molar-refractivity contribution in [2.45, 2.75) is 44.2 Å². The molecule has 0 fully saturated rings. The minimum atomic E-state index is -4.69. The second kappa shape index (κ2) is 9.46. The molecule has 9 heteroatoms. The molecule has 0 saturated carbocycles. The molecule has 3 aromatic rings. The van der Waals surface area contributed by atoms with E-state index in [0.29, 0.717) is 31.1 Å². The largest absolute Gasteiger partial charge is 0.423 e. The van der Waals surface area contributed by atoms with E-state index in [2.05, 4.69) is 0 Å². The first-order chi connectivity index (χ1) is 15.1. The van der Waals surface area contributed by atoms with Crippen molar-refractivity contribution in [1.82, 2.24) is 4.31 Å². The highest BCUT2D eigenvalue weighted by atomic mass is 32.2. The lowest BCUT2D eigenvalue weighted by atomic mass is 10.0. The van der Waals surface area contributed by atoms with Crippen LogP contribution in [-0.4, -0.2) is 25.8 Å². The van der Waals surface area contributed by atoms with Gasteiger partial charge in [0.2, 0.25) is 10.0 Å². The summed E-state index contributed by atoms with van der Waals surface area (Å²) >= 11 is 0. The molecule has 2 aromatic carbocycles. The van der Waals surface area contributed by atoms with Crippen molar-refractivity contribution in [3.63, 3.8) is 0 Å². The van der Waals surface area contributed by atoms with E-state index in [4.69, 9.17) is 4.42 Å². The van der Waals surface area contributed by atoms with Crippen molar-refractivity contribution in [1.29, 1.82) is 0 Å². The van der Waals surface area contributed by atoms with Crippen LogP contribution < -0.4 is 5.63 Å². The van der Waals surface area contributed by atoms with E-state index in [1.807, 2.05) is 6.92 Å². The Morgan fingerprint density at radius 2 is 1.62 bits per heavy atom. The smallest absolute Gasteiger partial charge is 0.417 e. The third-order valence-electron chi connectivity index (χ3n) is 5.20. The summed E-state index contributed by atoms with van der Waals surface area (Å²) in [5, 5.41) is -0.191. The van der Waals surface area contributed by atoms with Crippen molar-refractivity contribution < 1.29 is 26.0 Å². The van der Waals surface area contributed by atoms with Gasteiger partial charge in [-0.3, -0.25) is 0 Å². The Balaban J connectivity index is 1.88. The molecule has 0 amide bonds. The molecule has 0 spiro atoms. The predicted molar refractivity (Wildman–Crippen MR) is 116 cm³/mol. The minimum Gasteiger partial charge on any atom is -0.423 e. The van der Waals surface area contributed by atoms with Crippen LogP contribution in [-0.2, 0) is 22.6 Å². The van der Waals surface area contributed by atoms with Crippen LogP contribution in [0.1, 0.15) is 43.4 Å². The standard InChI is InChI=1S/C23H24F3NO4S/c1-3-5-12-27(4-2)32(29,30)18-9-6-16(7-10-18)13-17-8-11-21-19(14-17)20(23(24,25)26)15-22(28)31-21/h6-11,14-15H,3-5,12-13H2,1-2H3. The van der Waals surface area contributed by atoms with Crippen LogP contribution in [0.3, 0.4) is 0 Å². The predicted octanol–water partition coefficient (Wildman–Crippen LogP) is 5.21. The number of unbranched alkanes of at least 4 members (excludes halogenated alkanes) is 1. The van der Waals surface area contributed by atoms with Gasteiger partial charge in [-0.05, 0) is 48.2 Å². The number of alkyl halides is 3. The molecule has 0 radical (unpaired) electrons. The lowest BCUT2D eigenvalue weighted by molar-refractivity contribution is -0.136. The number of fused-ring (bicyclic) bond motifs is 1. The fraction of sp³-hybridized carbons (Fsp3) is 0.348. The van der Waals surface area contributed by atoms with Gasteiger partial charge in [0.25, 0.3) is 0 Å². The fourth-order valence-electron chi connectivity index (χ4n) is 3.50. The third kappa shape index (κ3) is 5.21. The van der Waals surface area contributed by atoms with Gasteiger partial charge in [-0.1, -0.05) is 38.5 Å². The number of hydrogen-bond acceptors (Lipinski definition) is 4. The lowest BCUT2D eigenvalue weighted by Gasteiger charge is -2.20. The summed E-state index contributed by atoms with van der Waals surface area (Å²) in [4.78, 5) is 11.6. The quantitative estimate of drug-likeness (QED) is 0.427. The molecular weight excluding hydrogens is 443 g/mol. The molecule has 0 bridgehead atoms. The monoisotopic (exact) mass is 467 g/mol. The van der Waals surface area contributed by atoms with Gasteiger partial charge >= 0.3 is 11.8 Å². The van der Waals surface area contributed by atoms with Gasteiger partial charge < -0.3 is 4.42 Å². The van der Waals surface area contributed by atoms with Crippen LogP contribution in [0.2, 0.25) is 0 Å². The zero-order chi connectivity index (χ0) is 23.5. The number of rotatable bonds is 8. The van der Waals surface area contributed by atoms with Gasteiger partial charge in [0.05, 0.1) is 10.5 Å². The summed E-state index contributed by atoms with van der Waals surface area (Å²) in [5.74, 6) is 0. The number of hydrogen-bond donors (Lipinski definition) is 0. The zero-order valence-corrected chi connectivity index (χ0v) is 18.6. The molecule has 0 N–H and O–H groups in total. The topological polar surface area (TPSA) is 67.6 Å². The van der Waals surface area contributed by atoms with E-state index in [9.17, 15) is 26.4 Å². The van der Waals surface area contributed by atoms with Crippen LogP contribution in [0.25, 0.3) is 11.0 Å². The highest BCUT2D eigenvalue weighted by Crippen LogP contribution is 2.34. The fourth-order valence-corrected chi connectivity index (χ4v) is 4.99. The maximum absolute atomic E-state index is 13.3. The summed E-state index contributed by atoms with van der Waals surface area (Å²) in [7, 11) is -3.60. The first kappa shape index (κ1) is 24.0. The summed E-state index contributed by atoms with van der Waals surface area (Å²) in [5.41, 5.74) is -0.925. The Labute approximate surface area is 184 Å². The van der Waals surface area contributed by atoms with E-state index < -0.39 is 27.4 Å². The van der Waals surface area contributed by atoms with Crippen LogP contribution in [0.15, 0.2) is 62.6 Å². The first-order valence-corrected chi connectivity index (χ1v) is 11.7. The third-order valence-corrected chi connectivity index (χ3v) is 7.18. The molecule has 5 nitrogen and oxygen atoms in total. The Morgan fingerprint density at radius 1 is 0.969 bits per heavy atom. The van der Waals surface area contributed by atoms with Gasteiger partial charge in [-0.2, -0.15) is 17.5 Å². The van der Waals surface area contributed by atoms with Crippen molar-refractivity contribution in [2.75, 3.05) is 13.1 Å². The van der Waals surface area contributed by atoms with Gasteiger partial charge in [-0.25, -0.2) is 13.2 Å². The average Bonchev–Trinajstić information content (AvgIpc) is 2.73. The Bertz CT molecular complexity index is 1250. The van der Waals surface area contributed by atoms with Crippen molar-refractivity contribution in [3.05, 3.63) is 75.6 Å². The van der Waals surface area contributed by atoms with Gasteiger partial charge in [0.1, 0.15) is 5.58 Å². The van der Waals surface area contributed by atoms with Gasteiger partial charge in [0, 0.05) is 24.5 Å². The summed E-state index contributed by atoms with van der Waals surface area (Å²) < 4.78 is 72.0. The van der Waals surface area contributed by atoms with Gasteiger partial charge in [0.15, 0.2) is 0 Å². The van der Waals surface area contributed by atoms with Crippen molar-refractivity contribution >= 4 is 21.0 Å². The van der Waals surface area contributed by atoms with E-state index in [0.717, 1.165) is 18.4 Å². The molecule has 172 valence electrons.